The largest absolute Gasteiger partial charge is 0.362 e. The van der Waals surface area contributed by atoms with Crippen LogP contribution < -0.4 is 15.5 Å². The highest BCUT2D eigenvalue weighted by molar-refractivity contribution is 5.98. The molecule has 7 nitrogen and oxygen atoms in total. The zero-order valence-corrected chi connectivity index (χ0v) is 17.3. The van der Waals surface area contributed by atoms with Crippen LogP contribution in [0.25, 0.3) is 0 Å². The Bertz CT molecular complexity index is 939. The first kappa shape index (κ1) is 19.4. The molecule has 1 fully saturated rings. The van der Waals surface area contributed by atoms with Gasteiger partial charge in [-0.15, -0.1) is 0 Å². The number of rotatable bonds is 4. The maximum Gasteiger partial charge on any atom is 0.251 e. The monoisotopic (exact) mass is 393 g/mol. The molecule has 4 rings (SSSR count). The summed E-state index contributed by atoms with van der Waals surface area (Å²) in [7, 11) is 1.62. The zero-order valence-electron chi connectivity index (χ0n) is 17.3. The Morgan fingerprint density at radius 3 is 2.52 bits per heavy atom. The summed E-state index contributed by atoms with van der Waals surface area (Å²) >= 11 is 0. The van der Waals surface area contributed by atoms with Crippen LogP contribution in [-0.4, -0.2) is 34.9 Å². The van der Waals surface area contributed by atoms with Crippen LogP contribution in [0.2, 0.25) is 0 Å². The zero-order chi connectivity index (χ0) is 20.7. The van der Waals surface area contributed by atoms with Crippen molar-refractivity contribution in [3.8, 4) is 0 Å². The summed E-state index contributed by atoms with van der Waals surface area (Å²) in [6.45, 7) is 5.70. The van der Waals surface area contributed by atoms with Crippen LogP contribution in [0.5, 0.6) is 0 Å². The maximum atomic E-state index is 12.6. The van der Waals surface area contributed by atoms with Crippen LogP contribution in [0.1, 0.15) is 54.3 Å². The minimum absolute atomic E-state index is 0.0382. The van der Waals surface area contributed by atoms with Gasteiger partial charge in [0.15, 0.2) is 0 Å². The van der Waals surface area contributed by atoms with E-state index in [0.717, 1.165) is 29.8 Å². The Kier molecular flexibility index (Phi) is 4.98. The number of aryl methyl sites for hydroxylation is 1. The Hall–Kier alpha value is -2.96. The number of hydrogen-bond donors (Lipinski definition) is 2. The summed E-state index contributed by atoms with van der Waals surface area (Å²) in [5, 5.41) is 6.21. The van der Waals surface area contributed by atoms with Gasteiger partial charge in [0.1, 0.15) is 5.82 Å². The average Bonchev–Trinajstić information content (AvgIpc) is 3.54. The van der Waals surface area contributed by atoms with Crippen molar-refractivity contribution in [1.82, 2.24) is 15.3 Å². The van der Waals surface area contributed by atoms with Crippen molar-refractivity contribution < 1.29 is 9.59 Å². The summed E-state index contributed by atoms with van der Waals surface area (Å²) in [6.07, 6.45) is 5.74. The lowest BCUT2D eigenvalue weighted by atomic mass is 9.79. The van der Waals surface area contributed by atoms with Gasteiger partial charge in [-0.1, -0.05) is 6.92 Å². The average molecular weight is 393 g/mol. The molecule has 2 amide bonds. The fourth-order valence-corrected chi connectivity index (χ4v) is 4.48. The van der Waals surface area contributed by atoms with Gasteiger partial charge in [-0.2, -0.15) is 0 Å². The van der Waals surface area contributed by atoms with Gasteiger partial charge in [-0.3, -0.25) is 14.6 Å². The number of carbonyl (C=O) groups is 2. The molecule has 2 aromatic rings. The van der Waals surface area contributed by atoms with E-state index in [9.17, 15) is 9.59 Å². The summed E-state index contributed by atoms with van der Waals surface area (Å²) in [5.41, 5.74) is 3.24. The summed E-state index contributed by atoms with van der Waals surface area (Å²) in [5.74, 6) is 1.25. The molecule has 0 spiro atoms. The van der Waals surface area contributed by atoms with Crippen molar-refractivity contribution in [3.05, 3.63) is 47.4 Å². The molecule has 1 aromatic heterocycles. The topological polar surface area (TPSA) is 87.2 Å². The van der Waals surface area contributed by atoms with E-state index in [-0.39, 0.29) is 29.8 Å². The molecule has 2 aliphatic rings. The van der Waals surface area contributed by atoms with E-state index in [1.54, 1.807) is 32.4 Å². The number of carbonyl (C=O) groups excluding carboxylic acids is 2. The second-order valence-corrected chi connectivity index (χ2v) is 8.09. The fraction of sp³-hybridized carbons (Fsp3) is 0.455. The van der Waals surface area contributed by atoms with Crippen LogP contribution in [0.4, 0.5) is 11.5 Å². The van der Waals surface area contributed by atoms with Crippen LogP contribution in [0.15, 0.2) is 30.6 Å². The Labute approximate surface area is 170 Å². The molecular formula is C22H27N5O2. The Morgan fingerprint density at radius 2 is 1.93 bits per heavy atom. The molecule has 2 N–H and O–H groups in total. The second-order valence-electron chi connectivity index (χ2n) is 8.09. The number of benzene rings is 1. The van der Waals surface area contributed by atoms with Gasteiger partial charge < -0.3 is 15.5 Å². The third kappa shape index (κ3) is 3.57. The van der Waals surface area contributed by atoms with Gasteiger partial charge in [0.25, 0.3) is 5.91 Å². The van der Waals surface area contributed by atoms with Crippen molar-refractivity contribution in [2.24, 2.45) is 11.8 Å². The molecule has 1 aliphatic heterocycles. The summed E-state index contributed by atoms with van der Waals surface area (Å²) in [6, 6.07) is 5.63. The number of nitrogens with one attached hydrogen (secondary N) is 2. The smallest absolute Gasteiger partial charge is 0.251 e. The summed E-state index contributed by atoms with van der Waals surface area (Å²) in [4.78, 5) is 35.6. The number of aromatic nitrogens is 2. The number of anilines is 2. The molecular weight excluding hydrogens is 366 g/mol. The standard InChI is InChI=1S/C22H27N5O2/c1-12-10-25-19(11-24-12)26-20-13(2)21(15-5-6-15)27(14(3)28)18-8-7-16(9-17(18)20)22(29)23-4/h7-11,13,15,20-21H,5-6H2,1-4H3,(H,23,29)(H,25,26)/t13?,20?,21-/m1/s1. The Morgan fingerprint density at radius 1 is 1.17 bits per heavy atom. The van der Waals surface area contributed by atoms with Gasteiger partial charge in [-0.05, 0) is 49.4 Å². The van der Waals surface area contributed by atoms with Crippen LogP contribution in [0, 0.1) is 18.8 Å². The van der Waals surface area contributed by atoms with E-state index in [2.05, 4.69) is 27.5 Å². The normalized spacial score (nSPS) is 23.3. The summed E-state index contributed by atoms with van der Waals surface area (Å²) < 4.78 is 0. The third-order valence-corrected chi connectivity index (χ3v) is 6.00. The fourth-order valence-electron chi connectivity index (χ4n) is 4.48. The van der Waals surface area contributed by atoms with E-state index in [1.165, 1.54) is 0 Å². The first-order valence-electron chi connectivity index (χ1n) is 10.1. The van der Waals surface area contributed by atoms with E-state index < -0.39 is 0 Å². The van der Waals surface area contributed by atoms with Gasteiger partial charge in [0.2, 0.25) is 5.91 Å². The lowest BCUT2D eigenvalue weighted by Gasteiger charge is -2.46. The number of hydrogen-bond acceptors (Lipinski definition) is 5. The highest BCUT2D eigenvalue weighted by Gasteiger charge is 2.47. The molecule has 2 heterocycles. The van der Waals surface area contributed by atoms with Crippen LogP contribution in [0.3, 0.4) is 0 Å². The van der Waals surface area contributed by atoms with Crippen LogP contribution >= 0.6 is 0 Å². The molecule has 0 radical (unpaired) electrons. The molecule has 1 aromatic carbocycles. The quantitative estimate of drug-likeness (QED) is 0.834. The Balaban J connectivity index is 1.82. The van der Waals surface area contributed by atoms with E-state index >= 15 is 0 Å². The minimum Gasteiger partial charge on any atom is -0.362 e. The predicted octanol–water partition coefficient (Wildman–Crippen LogP) is 3.08. The highest BCUT2D eigenvalue weighted by atomic mass is 16.2. The second kappa shape index (κ2) is 7.46. The maximum absolute atomic E-state index is 12.6. The lowest BCUT2D eigenvalue weighted by molar-refractivity contribution is -0.117. The van der Waals surface area contributed by atoms with Crippen LogP contribution in [-0.2, 0) is 4.79 Å². The van der Waals surface area contributed by atoms with Crippen molar-refractivity contribution in [3.63, 3.8) is 0 Å². The molecule has 152 valence electrons. The van der Waals surface area contributed by atoms with E-state index in [4.69, 9.17) is 0 Å². The first-order valence-corrected chi connectivity index (χ1v) is 10.1. The number of fused-ring (bicyclic) bond motifs is 1. The minimum atomic E-state index is -0.145. The van der Waals surface area contributed by atoms with Gasteiger partial charge in [0.05, 0.1) is 24.1 Å². The molecule has 1 saturated carbocycles. The van der Waals surface area contributed by atoms with Crippen molar-refractivity contribution in [2.45, 2.75) is 45.7 Å². The number of amides is 2. The number of nitrogens with zero attached hydrogens (tertiary/aromatic N) is 3. The molecule has 7 heteroatoms. The molecule has 29 heavy (non-hydrogen) atoms. The van der Waals surface area contributed by atoms with Crippen molar-refractivity contribution in [2.75, 3.05) is 17.3 Å². The van der Waals surface area contributed by atoms with E-state index in [1.807, 2.05) is 24.0 Å². The van der Waals surface area contributed by atoms with Gasteiger partial charge in [-0.25, -0.2) is 4.98 Å². The molecule has 3 atom stereocenters. The van der Waals surface area contributed by atoms with Crippen molar-refractivity contribution >= 4 is 23.3 Å². The molecule has 2 unspecified atom stereocenters. The van der Waals surface area contributed by atoms with Gasteiger partial charge in [0, 0.05) is 37.2 Å². The first-order chi connectivity index (χ1) is 13.9. The van der Waals surface area contributed by atoms with E-state index in [0.29, 0.717) is 17.3 Å². The third-order valence-electron chi connectivity index (χ3n) is 6.00. The van der Waals surface area contributed by atoms with Gasteiger partial charge >= 0.3 is 0 Å². The SMILES string of the molecule is CNC(=O)c1ccc2c(c1)C(Nc1cnc(C)cn1)C(C)[C@H](C1CC1)N2C(C)=O. The predicted molar refractivity (Wildman–Crippen MR) is 112 cm³/mol. The van der Waals surface area contributed by atoms with Crippen molar-refractivity contribution in [1.29, 1.82) is 0 Å². The molecule has 0 bridgehead atoms. The molecule has 1 aliphatic carbocycles. The highest BCUT2D eigenvalue weighted by Crippen LogP contribution is 2.50. The molecule has 0 saturated heterocycles. The lowest BCUT2D eigenvalue weighted by Crippen LogP contribution is -2.51.